The van der Waals surface area contributed by atoms with Gasteiger partial charge in [-0.05, 0) is 43.9 Å². The summed E-state index contributed by atoms with van der Waals surface area (Å²) in [5, 5.41) is 9.18. The number of benzene rings is 1. The highest BCUT2D eigenvalue weighted by atomic mass is 16.5. The molecule has 0 saturated heterocycles. The first-order chi connectivity index (χ1) is 12.6. The van der Waals surface area contributed by atoms with Crippen LogP contribution in [0.15, 0.2) is 48.7 Å². The van der Waals surface area contributed by atoms with E-state index in [-0.39, 0.29) is 6.10 Å². The molecular formula is C20H22N2O4. The van der Waals surface area contributed by atoms with Crippen molar-refractivity contribution in [3.63, 3.8) is 0 Å². The van der Waals surface area contributed by atoms with Gasteiger partial charge in [0, 0.05) is 23.5 Å². The number of aliphatic carboxylic acids is 1. The van der Waals surface area contributed by atoms with Crippen LogP contribution in [0.4, 0.5) is 5.69 Å². The summed E-state index contributed by atoms with van der Waals surface area (Å²) in [6.07, 6.45) is 7.16. The van der Waals surface area contributed by atoms with Crippen molar-refractivity contribution in [1.29, 1.82) is 0 Å². The summed E-state index contributed by atoms with van der Waals surface area (Å²) >= 11 is 0. The molecule has 1 aliphatic rings. The summed E-state index contributed by atoms with van der Waals surface area (Å²) < 4.78 is 5.91. The number of para-hydroxylation sites is 1. The third kappa shape index (κ3) is 4.59. The number of nitrogens with zero attached hydrogens (tertiary/aromatic N) is 2. The second-order valence-corrected chi connectivity index (χ2v) is 6.38. The number of hydrogen-bond acceptors (Lipinski definition) is 4. The Bertz CT molecular complexity index is 757. The van der Waals surface area contributed by atoms with E-state index in [1.165, 1.54) is 17.5 Å². The van der Waals surface area contributed by atoms with Crippen molar-refractivity contribution in [3.05, 3.63) is 54.2 Å². The topological polar surface area (TPSA) is 79.7 Å². The van der Waals surface area contributed by atoms with Gasteiger partial charge in [0.2, 0.25) is 5.88 Å². The van der Waals surface area contributed by atoms with E-state index in [1.807, 2.05) is 6.07 Å². The van der Waals surface area contributed by atoms with Crippen LogP contribution in [0.1, 0.15) is 42.5 Å². The van der Waals surface area contributed by atoms with Crippen LogP contribution in [0.25, 0.3) is 0 Å². The first-order valence-electron chi connectivity index (χ1n) is 8.85. The Morgan fingerprint density at radius 3 is 2.54 bits per heavy atom. The quantitative estimate of drug-likeness (QED) is 0.858. The Kier molecular flexibility index (Phi) is 5.84. The van der Waals surface area contributed by atoms with E-state index in [1.54, 1.807) is 36.4 Å². The van der Waals surface area contributed by atoms with Crippen LogP contribution in [-0.2, 0) is 4.79 Å². The molecule has 1 fully saturated rings. The maximum Gasteiger partial charge on any atom is 0.323 e. The number of carboxylic acids is 1. The van der Waals surface area contributed by atoms with Gasteiger partial charge >= 0.3 is 5.97 Å². The van der Waals surface area contributed by atoms with Crippen LogP contribution < -0.4 is 9.64 Å². The number of carbonyl (C=O) groups is 2. The summed E-state index contributed by atoms with van der Waals surface area (Å²) in [7, 11) is 0. The number of carboxylic acid groups (broad SMARTS) is 1. The lowest BCUT2D eigenvalue weighted by Gasteiger charge is -2.23. The van der Waals surface area contributed by atoms with Gasteiger partial charge in [0.1, 0.15) is 12.6 Å². The molecule has 1 N–H and O–H groups in total. The minimum Gasteiger partial charge on any atom is -0.480 e. The highest BCUT2D eigenvalue weighted by Gasteiger charge is 2.22. The summed E-state index contributed by atoms with van der Waals surface area (Å²) in [5.41, 5.74) is 0.891. The minimum atomic E-state index is -1.07. The molecule has 0 bridgehead atoms. The van der Waals surface area contributed by atoms with Gasteiger partial charge in [0.25, 0.3) is 5.91 Å². The maximum absolute atomic E-state index is 12.9. The number of carbonyl (C=O) groups excluding carboxylic acids is 1. The molecular weight excluding hydrogens is 332 g/mol. The van der Waals surface area contributed by atoms with Crippen molar-refractivity contribution in [2.24, 2.45) is 0 Å². The second kappa shape index (κ2) is 8.47. The molecule has 0 aliphatic heterocycles. The maximum atomic E-state index is 12.9. The van der Waals surface area contributed by atoms with Gasteiger partial charge in [-0.25, -0.2) is 4.98 Å². The monoisotopic (exact) mass is 354 g/mol. The number of pyridine rings is 1. The fourth-order valence-electron chi connectivity index (χ4n) is 3.14. The van der Waals surface area contributed by atoms with Gasteiger partial charge in [-0.2, -0.15) is 0 Å². The smallest absolute Gasteiger partial charge is 0.323 e. The third-order valence-electron chi connectivity index (χ3n) is 4.43. The molecule has 1 aromatic carbocycles. The third-order valence-corrected chi connectivity index (χ3v) is 4.43. The van der Waals surface area contributed by atoms with E-state index in [0.29, 0.717) is 17.1 Å². The Labute approximate surface area is 152 Å². The van der Waals surface area contributed by atoms with E-state index in [0.717, 1.165) is 25.7 Å². The van der Waals surface area contributed by atoms with E-state index >= 15 is 0 Å². The van der Waals surface area contributed by atoms with E-state index in [2.05, 4.69) is 4.98 Å². The van der Waals surface area contributed by atoms with Crippen molar-refractivity contribution in [2.45, 2.75) is 38.2 Å². The number of anilines is 1. The minimum absolute atomic E-state index is 0.130. The van der Waals surface area contributed by atoms with Crippen molar-refractivity contribution >= 4 is 17.6 Å². The van der Waals surface area contributed by atoms with Crippen LogP contribution in [0, 0.1) is 0 Å². The fraction of sp³-hybridized carbons (Fsp3) is 0.350. The molecule has 3 rings (SSSR count). The average Bonchev–Trinajstić information content (AvgIpc) is 2.67. The Morgan fingerprint density at radius 2 is 1.85 bits per heavy atom. The molecule has 1 aromatic heterocycles. The molecule has 1 amide bonds. The molecule has 1 heterocycles. The Morgan fingerprint density at radius 1 is 1.12 bits per heavy atom. The predicted octanol–water partition coefficient (Wildman–Crippen LogP) is 3.52. The summed E-state index contributed by atoms with van der Waals surface area (Å²) in [6, 6.07) is 11.9. The van der Waals surface area contributed by atoms with Crippen molar-refractivity contribution in [3.8, 4) is 5.88 Å². The molecule has 0 radical (unpaired) electrons. The summed E-state index contributed by atoms with van der Waals surface area (Å²) in [6.45, 7) is -0.413. The lowest BCUT2D eigenvalue weighted by Crippen LogP contribution is -2.35. The number of ether oxygens (including phenoxy) is 1. The van der Waals surface area contributed by atoms with E-state index in [4.69, 9.17) is 4.74 Å². The van der Waals surface area contributed by atoms with Crippen molar-refractivity contribution in [2.75, 3.05) is 11.4 Å². The zero-order chi connectivity index (χ0) is 18.4. The van der Waals surface area contributed by atoms with Crippen LogP contribution in [0.3, 0.4) is 0 Å². The van der Waals surface area contributed by atoms with Gasteiger partial charge in [-0.3, -0.25) is 14.5 Å². The van der Waals surface area contributed by atoms with Gasteiger partial charge in [0.15, 0.2) is 0 Å². The molecule has 1 saturated carbocycles. The summed E-state index contributed by atoms with van der Waals surface area (Å²) in [4.78, 5) is 29.6. The first-order valence-corrected chi connectivity index (χ1v) is 8.85. The van der Waals surface area contributed by atoms with Gasteiger partial charge < -0.3 is 9.84 Å². The van der Waals surface area contributed by atoms with Gasteiger partial charge in [-0.1, -0.05) is 24.6 Å². The molecule has 2 aromatic rings. The molecule has 0 unspecified atom stereocenters. The van der Waals surface area contributed by atoms with Crippen LogP contribution in [0.5, 0.6) is 5.88 Å². The van der Waals surface area contributed by atoms with Gasteiger partial charge in [0.05, 0.1) is 0 Å². The number of amides is 1. The second-order valence-electron chi connectivity index (χ2n) is 6.38. The van der Waals surface area contributed by atoms with Crippen molar-refractivity contribution < 1.29 is 19.4 Å². The Balaban J connectivity index is 1.80. The van der Waals surface area contributed by atoms with Crippen LogP contribution in [0.2, 0.25) is 0 Å². The standard InChI is InChI=1S/C20H22N2O4/c23-19(24)14-22(16-7-3-1-4-8-16)20(25)15-11-12-21-18(13-15)26-17-9-5-2-6-10-17/h1,3-4,7-8,11-13,17H,2,5-6,9-10,14H2,(H,23,24). The number of rotatable bonds is 6. The van der Waals surface area contributed by atoms with E-state index in [9.17, 15) is 14.7 Å². The largest absolute Gasteiger partial charge is 0.480 e. The van der Waals surface area contributed by atoms with Gasteiger partial charge in [-0.15, -0.1) is 0 Å². The molecule has 0 spiro atoms. The predicted molar refractivity (Wildman–Crippen MR) is 97.5 cm³/mol. The SMILES string of the molecule is O=C(O)CN(C(=O)c1ccnc(OC2CCCCC2)c1)c1ccccc1. The molecule has 26 heavy (non-hydrogen) atoms. The molecule has 6 nitrogen and oxygen atoms in total. The molecule has 1 aliphatic carbocycles. The lowest BCUT2D eigenvalue weighted by molar-refractivity contribution is -0.135. The highest BCUT2D eigenvalue weighted by molar-refractivity contribution is 6.08. The normalized spacial score (nSPS) is 14.6. The molecule has 136 valence electrons. The molecule has 0 atom stereocenters. The number of hydrogen-bond donors (Lipinski definition) is 1. The molecule has 6 heteroatoms. The first kappa shape index (κ1) is 17.9. The zero-order valence-electron chi connectivity index (χ0n) is 14.5. The van der Waals surface area contributed by atoms with E-state index < -0.39 is 18.4 Å². The lowest BCUT2D eigenvalue weighted by atomic mass is 9.98. The fourth-order valence-corrected chi connectivity index (χ4v) is 3.14. The zero-order valence-corrected chi connectivity index (χ0v) is 14.5. The highest BCUT2D eigenvalue weighted by Crippen LogP contribution is 2.23. The Hall–Kier alpha value is -2.89. The number of aromatic nitrogens is 1. The van der Waals surface area contributed by atoms with Crippen molar-refractivity contribution in [1.82, 2.24) is 4.98 Å². The van der Waals surface area contributed by atoms with Crippen LogP contribution >= 0.6 is 0 Å². The van der Waals surface area contributed by atoms with Crippen LogP contribution in [-0.4, -0.2) is 34.6 Å². The summed E-state index contributed by atoms with van der Waals surface area (Å²) in [5.74, 6) is -1.06. The average molecular weight is 354 g/mol.